The molecule has 0 aliphatic carbocycles. The Morgan fingerprint density at radius 1 is 1.47 bits per heavy atom. The third kappa shape index (κ3) is 2.74. The van der Waals surface area contributed by atoms with E-state index < -0.39 is 5.97 Å². The molecule has 0 fully saturated rings. The van der Waals surface area contributed by atoms with E-state index in [0.717, 1.165) is 3.57 Å². The Hall–Kier alpha value is -1.15. The number of aromatic carboxylic acids is 1. The number of hydrogen-bond donors (Lipinski definition) is 1. The number of carboxylic acid groups (broad SMARTS) is 1. The first-order valence-electron chi connectivity index (χ1n) is 5.56. The minimum Gasteiger partial charge on any atom is -0.476 e. The Kier molecular flexibility index (Phi) is 4.10. The van der Waals surface area contributed by atoms with Gasteiger partial charge in [0.05, 0.1) is 16.4 Å². The highest BCUT2D eigenvalue weighted by atomic mass is 127. The zero-order chi connectivity index (χ0) is 14.2. The molecule has 1 N–H and O–H groups in total. The van der Waals surface area contributed by atoms with Crippen molar-refractivity contribution in [2.45, 2.75) is 19.8 Å². The Morgan fingerprint density at radius 2 is 2.16 bits per heavy atom. The van der Waals surface area contributed by atoms with E-state index in [0.29, 0.717) is 16.4 Å². The molecule has 0 bridgehead atoms. The zero-order valence-corrected chi connectivity index (χ0v) is 13.2. The van der Waals surface area contributed by atoms with Gasteiger partial charge in [0.15, 0.2) is 5.69 Å². The highest BCUT2D eigenvalue weighted by Crippen LogP contribution is 2.27. The van der Waals surface area contributed by atoms with E-state index in [1.165, 1.54) is 4.68 Å². The van der Waals surface area contributed by atoms with E-state index in [-0.39, 0.29) is 11.6 Å². The smallest absolute Gasteiger partial charge is 0.358 e. The first kappa shape index (κ1) is 14.3. The fourth-order valence-electron chi connectivity index (χ4n) is 1.79. The lowest BCUT2D eigenvalue weighted by atomic mass is 10.1. The van der Waals surface area contributed by atoms with Gasteiger partial charge in [-0.2, -0.15) is 0 Å². The van der Waals surface area contributed by atoms with Gasteiger partial charge in [-0.25, -0.2) is 9.48 Å². The van der Waals surface area contributed by atoms with Crippen LogP contribution >= 0.6 is 34.2 Å². The molecular weight excluding hydrogens is 381 g/mol. The largest absolute Gasteiger partial charge is 0.476 e. The second-order valence-electron chi connectivity index (χ2n) is 4.29. The summed E-state index contributed by atoms with van der Waals surface area (Å²) in [5.74, 6) is -1.12. The molecule has 0 aliphatic heterocycles. The van der Waals surface area contributed by atoms with Gasteiger partial charge in [-0.1, -0.05) is 30.7 Å². The van der Waals surface area contributed by atoms with Crippen molar-refractivity contribution in [3.8, 4) is 5.69 Å². The monoisotopic (exact) mass is 391 g/mol. The van der Waals surface area contributed by atoms with E-state index >= 15 is 0 Å². The summed E-state index contributed by atoms with van der Waals surface area (Å²) in [6.45, 7) is 3.78. The van der Waals surface area contributed by atoms with Crippen molar-refractivity contribution >= 4 is 40.2 Å². The van der Waals surface area contributed by atoms with Crippen LogP contribution in [-0.2, 0) is 0 Å². The zero-order valence-electron chi connectivity index (χ0n) is 10.3. The molecule has 0 aliphatic rings. The van der Waals surface area contributed by atoms with Crippen molar-refractivity contribution in [1.29, 1.82) is 0 Å². The summed E-state index contributed by atoms with van der Waals surface area (Å²) in [4.78, 5) is 11.2. The predicted octanol–water partition coefficient (Wildman–Crippen LogP) is 3.35. The summed E-state index contributed by atoms with van der Waals surface area (Å²) in [6, 6.07) is 5.47. The minimum absolute atomic E-state index is 0.0324. The molecule has 0 saturated carbocycles. The number of hydrogen-bond acceptors (Lipinski definition) is 3. The lowest BCUT2D eigenvalue weighted by Gasteiger charge is -2.11. The van der Waals surface area contributed by atoms with Crippen LogP contribution in [0.2, 0.25) is 5.02 Å². The molecule has 5 nitrogen and oxygen atoms in total. The van der Waals surface area contributed by atoms with Crippen LogP contribution < -0.4 is 0 Å². The summed E-state index contributed by atoms with van der Waals surface area (Å²) in [5, 5.41) is 17.3. The molecule has 100 valence electrons. The second kappa shape index (κ2) is 5.46. The summed E-state index contributed by atoms with van der Waals surface area (Å²) in [7, 11) is 0. The molecular formula is C12H11ClIN3O2. The molecule has 1 aromatic carbocycles. The average molecular weight is 392 g/mol. The third-order valence-electron chi connectivity index (χ3n) is 2.59. The molecule has 1 heterocycles. The maximum atomic E-state index is 11.2. The molecule has 1 aromatic heterocycles. The summed E-state index contributed by atoms with van der Waals surface area (Å²) in [6.07, 6.45) is 0. The normalized spacial score (nSPS) is 11.0. The number of aromatic nitrogens is 3. The van der Waals surface area contributed by atoms with Gasteiger partial charge in [-0.15, -0.1) is 5.10 Å². The molecule has 19 heavy (non-hydrogen) atoms. The minimum atomic E-state index is -1.09. The summed E-state index contributed by atoms with van der Waals surface area (Å²) < 4.78 is 2.48. The van der Waals surface area contributed by atoms with Crippen molar-refractivity contribution in [3.05, 3.63) is 38.2 Å². The lowest BCUT2D eigenvalue weighted by Crippen LogP contribution is -2.09. The van der Waals surface area contributed by atoms with Gasteiger partial charge >= 0.3 is 5.97 Å². The summed E-state index contributed by atoms with van der Waals surface area (Å²) >= 11 is 8.32. The average Bonchev–Trinajstić information content (AvgIpc) is 2.76. The first-order valence-corrected chi connectivity index (χ1v) is 7.01. The van der Waals surface area contributed by atoms with Gasteiger partial charge < -0.3 is 5.11 Å². The fraction of sp³-hybridized carbons (Fsp3) is 0.250. The fourth-order valence-corrected chi connectivity index (χ4v) is 2.46. The Labute approximate surface area is 128 Å². The highest BCUT2D eigenvalue weighted by molar-refractivity contribution is 14.1. The van der Waals surface area contributed by atoms with Crippen LogP contribution in [-0.4, -0.2) is 26.1 Å². The molecule has 2 rings (SSSR count). The number of halogens is 2. The van der Waals surface area contributed by atoms with Gasteiger partial charge in [-0.05, 0) is 46.7 Å². The molecule has 0 radical (unpaired) electrons. The van der Waals surface area contributed by atoms with Crippen LogP contribution in [0.25, 0.3) is 5.69 Å². The molecule has 0 spiro atoms. The molecule has 2 aromatic rings. The van der Waals surface area contributed by atoms with E-state index in [9.17, 15) is 4.79 Å². The standard InChI is InChI=1S/C12H11ClIN3O2/c1-6(2)11-10(12(18)19)15-16-17(11)9-5-7(14)3-4-8(9)13/h3-6H,1-2H3,(H,18,19). The molecule has 0 unspecified atom stereocenters. The second-order valence-corrected chi connectivity index (χ2v) is 5.94. The quantitative estimate of drug-likeness (QED) is 0.815. The SMILES string of the molecule is CC(C)c1c(C(=O)O)nnn1-c1cc(I)ccc1Cl. The molecule has 0 atom stereocenters. The maximum Gasteiger partial charge on any atom is 0.358 e. The number of nitrogens with zero attached hydrogens (tertiary/aromatic N) is 3. The number of carbonyl (C=O) groups is 1. The lowest BCUT2D eigenvalue weighted by molar-refractivity contribution is 0.0688. The Bertz CT molecular complexity index is 640. The van der Waals surface area contributed by atoms with Gasteiger partial charge in [0.2, 0.25) is 0 Å². The highest BCUT2D eigenvalue weighted by Gasteiger charge is 2.23. The van der Waals surface area contributed by atoms with Crippen molar-refractivity contribution in [2.75, 3.05) is 0 Å². The van der Waals surface area contributed by atoms with E-state index in [1.54, 1.807) is 6.07 Å². The van der Waals surface area contributed by atoms with E-state index in [4.69, 9.17) is 16.7 Å². The van der Waals surface area contributed by atoms with Crippen molar-refractivity contribution in [1.82, 2.24) is 15.0 Å². The van der Waals surface area contributed by atoms with E-state index in [2.05, 4.69) is 32.9 Å². The van der Waals surface area contributed by atoms with Crippen molar-refractivity contribution in [2.24, 2.45) is 0 Å². The van der Waals surface area contributed by atoms with Crippen LogP contribution in [0.3, 0.4) is 0 Å². The van der Waals surface area contributed by atoms with Crippen LogP contribution in [0.5, 0.6) is 0 Å². The topological polar surface area (TPSA) is 68.0 Å². The number of rotatable bonds is 3. The van der Waals surface area contributed by atoms with Crippen molar-refractivity contribution in [3.63, 3.8) is 0 Å². The van der Waals surface area contributed by atoms with Gasteiger partial charge in [0, 0.05) is 3.57 Å². The van der Waals surface area contributed by atoms with Crippen LogP contribution in [0, 0.1) is 3.57 Å². The van der Waals surface area contributed by atoms with Crippen molar-refractivity contribution < 1.29 is 9.90 Å². The third-order valence-corrected chi connectivity index (χ3v) is 3.58. The van der Waals surface area contributed by atoms with Gasteiger partial charge in [0.25, 0.3) is 0 Å². The maximum absolute atomic E-state index is 11.2. The molecule has 7 heteroatoms. The van der Waals surface area contributed by atoms with Crippen LogP contribution in [0.15, 0.2) is 18.2 Å². The van der Waals surface area contributed by atoms with E-state index in [1.807, 2.05) is 26.0 Å². The van der Waals surface area contributed by atoms with Gasteiger partial charge in [-0.3, -0.25) is 0 Å². The number of benzene rings is 1. The molecule has 0 amide bonds. The first-order chi connectivity index (χ1) is 8.91. The van der Waals surface area contributed by atoms with Crippen LogP contribution in [0.4, 0.5) is 0 Å². The molecule has 0 saturated heterocycles. The Balaban J connectivity index is 2.69. The van der Waals surface area contributed by atoms with Crippen LogP contribution in [0.1, 0.15) is 35.9 Å². The Morgan fingerprint density at radius 3 is 2.74 bits per heavy atom. The predicted molar refractivity (Wildman–Crippen MR) is 80.1 cm³/mol. The number of carboxylic acids is 1. The summed E-state index contributed by atoms with van der Waals surface area (Å²) in [5.41, 5.74) is 1.14. The van der Waals surface area contributed by atoms with Gasteiger partial charge in [0.1, 0.15) is 0 Å².